The number of nitrogens with zero attached hydrogens (tertiary/aromatic N) is 2. The van der Waals surface area contributed by atoms with E-state index in [2.05, 4.69) is 4.98 Å². The van der Waals surface area contributed by atoms with Crippen molar-refractivity contribution in [2.24, 2.45) is 7.05 Å². The van der Waals surface area contributed by atoms with Crippen molar-refractivity contribution in [3.8, 4) is 0 Å². The maximum absolute atomic E-state index is 12.0. The number of aromatic nitrogens is 2. The van der Waals surface area contributed by atoms with Crippen LogP contribution in [0, 0.1) is 13.8 Å². The molecule has 78 valence electrons. The summed E-state index contributed by atoms with van der Waals surface area (Å²) >= 11 is 0. The molecule has 2 aromatic heterocycles. The summed E-state index contributed by atoms with van der Waals surface area (Å²) in [6, 6.07) is 0. The highest BCUT2D eigenvalue weighted by atomic mass is 16.3. The lowest BCUT2D eigenvalue weighted by Gasteiger charge is -1.96. The highest BCUT2D eigenvalue weighted by molar-refractivity contribution is 6.09. The fourth-order valence-electron chi connectivity index (χ4n) is 1.57. The zero-order valence-electron chi connectivity index (χ0n) is 8.94. The summed E-state index contributed by atoms with van der Waals surface area (Å²) in [6.45, 7) is 3.63. The lowest BCUT2D eigenvalue weighted by Crippen LogP contribution is -2.03. The summed E-state index contributed by atoms with van der Waals surface area (Å²) in [5.74, 6) is 0.558. The Morgan fingerprint density at radius 3 is 2.67 bits per heavy atom. The van der Waals surface area contributed by atoms with E-state index in [-0.39, 0.29) is 5.78 Å². The molecule has 2 rings (SSSR count). The van der Waals surface area contributed by atoms with Crippen LogP contribution in [0.1, 0.15) is 27.4 Å². The molecule has 0 bridgehead atoms. The zero-order valence-corrected chi connectivity index (χ0v) is 8.94. The average molecular weight is 204 g/mol. The van der Waals surface area contributed by atoms with Gasteiger partial charge in [0.2, 0.25) is 5.78 Å². The lowest BCUT2D eigenvalue weighted by molar-refractivity contribution is 0.103. The molecule has 4 heteroatoms. The monoisotopic (exact) mass is 204 g/mol. The van der Waals surface area contributed by atoms with Gasteiger partial charge >= 0.3 is 0 Å². The van der Waals surface area contributed by atoms with Gasteiger partial charge < -0.3 is 8.98 Å². The van der Waals surface area contributed by atoms with Gasteiger partial charge in [0.05, 0.1) is 18.2 Å². The van der Waals surface area contributed by atoms with E-state index >= 15 is 0 Å². The molecule has 0 aromatic carbocycles. The van der Waals surface area contributed by atoms with E-state index in [0.717, 1.165) is 5.56 Å². The van der Waals surface area contributed by atoms with Crippen LogP contribution >= 0.6 is 0 Å². The molecule has 0 atom stereocenters. The normalized spacial score (nSPS) is 10.6. The molecule has 0 N–H and O–H groups in total. The maximum atomic E-state index is 12.0. The van der Waals surface area contributed by atoms with Crippen LogP contribution in [0.25, 0.3) is 0 Å². The van der Waals surface area contributed by atoms with Gasteiger partial charge in [-0.25, -0.2) is 4.98 Å². The molecule has 0 saturated heterocycles. The topological polar surface area (TPSA) is 48.0 Å². The first-order valence-electron chi connectivity index (χ1n) is 4.67. The number of rotatable bonds is 2. The summed E-state index contributed by atoms with van der Waals surface area (Å²) in [4.78, 5) is 16.1. The molecular weight excluding hydrogens is 192 g/mol. The standard InChI is InChI=1S/C11H12N2O2/c1-7-5-15-8(2)10(7)11(14)9-4-13(3)6-12-9/h4-6H,1-3H3. The van der Waals surface area contributed by atoms with Gasteiger partial charge in [0.25, 0.3) is 0 Å². The predicted octanol–water partition coefficient (Wildman–Crippen LogP) is 1.86. The highest BCUT2D eigenvalue weighted by Crippen LogP contribution is 2.18. The van der Waals surface area contributed by atoms with Crippen LogP contribution in [-0.4, -0.2) is 15.3 Å². The van der Waals surface area contributed by atoms with Gasteiger partial charge in [0.1, 0.15) is 11.5 Å². The third kappa shape index (κ3) is 1.58. The van der Waals surface area contributed by atoms with Crippen molar-refractivity contribution in [2.45, 2.75) is 13.8 Å². The molecule has 0 spiro atoms. The van der Waals surface area contributed by atoms with Gasteiger partial charge in [-0.3, -0.25) is 4.79 Å². The van der Waals surface area contributed by atoms with Gasteiger partial charge in [-0.05, 0) is 19.4 Å². The first-order chi connectivity index (χ1) is 7.09. The second kappa shape index (κ2) is 3.38. The van der Waals surface area contributed by atoms with E-state index < -0.39 is 0 Å². The Labute approximate surface area is 87.5 Å². The fourth-order valence-corrected chi connectivity index (χ4v) is 1.57. The van der Waals surface area contributed by atoms with E-state index in [0.29, 0.717) is 17.0 Å². The largest absolute Gasteiger partial charge is 0.469 e. The van der Waals surface area contributed by atoms with E-state index in [1.165, 1.54) is 0 Å². The Balaban J connectivity index is 2.45. The highest BCUT2D eigenvalue weighted by Gasteiger charge is 2.19. The van der Waals surface area contributed by atoms with Crippen molar-refractivity contribution in [1.29, 1.82) is 0 Å². The first kappa shape index (κ1) is 9.71. The SMILES string of the molecule is Cc1coc(C)c1C(=O)c1cn(C)cn1. The Kier molecular flexibility index (Phi) is 2.19. The fraction of sp³-hybridized carbons (Fsp3) is 0.273. The Morgan fingerprint density at radius 2 is 2.20 bits per heavy atom. The molecule has 0 aliphatic carbocycles. The van der Waals surface area contributed by atoms with E-state index in [1.54, 1.807) is 30.3 Å². The second-order valence-electron chi connectivity index (χ2n) is 3.60. The Bertz CT molecular complexity index is 489. The van der Waals surface area contributed by atoms with Crippen LogP contribution in [0.3, 0.4) is 0 Å². The summed E-state index contributed by atoms with van der Waals surface area (Å²) < 4.78 is 6.94. The average Bonchev–Trinajstić information content (AvgIpc) is 2.73. The quantitative estimate of drug-likeness (QED) is 0.701. The second-order valence-corrected chi connectivity index (χ2v) is 3.60. The van der Waals surface area contributed by atoms with Crippen molar-refractivity contribution in [3.05, 3.63) is 41.4 Å². The molecule has 4 nitrogen and oxygen atoms in total. The van der Waals surface area contributed by atoms with Crippen molar-refractivity contribution in [2.75, 3.05) is 0 Å². The number of hydrogen-bond donors (Lipinski definition) is 0. The summed E-state index contributed by atoms with van der Waals surface area (Å²) in [5.41, 5.74) is 1.92. The molecule has 0 aliphatic rings. The zero-order chi connectivity index (χ0) is 11.0. The molecule has 0 fully saturated rings. The third-order valence-corrected chi connectivity index (χ3v) is 2.32. The van der Waals surface area contributed by atoms with Crippen molar-refractivity contribution in [1.82, 2.24) is 9.55 Å². The molecule has 0 radical (unpaired) electrons. The smallest absolute Gasteiger partial charge is 0.216 e. The van der Waals surface area contributed by atoms with Gasteiger partial charge in [-0.1, -0.05) is 0 Å². The minimum Gasteiger partial charge on any atom is -0.469 e. The number of furan rings is 1. The van der Waals surface area contributed by atoms with Crippen molar-refractivity contribution < 1.29 is 9.21 Å². The number of hydrogen-bond acceptors (Lipinski definition) is 3. The molecule has 0 amide bonds. The molecular formula is C11H12N2O2. The number of carbonyl (C=O) groups is 1. The maximum Gasteiger partial charge on any atom is 0.216 e. The summed E-state index contributed by atoms with van der Waals surface area (Å²) in [6.07, 6.45) is 4.90. The first-order valence-corrected chi connectivity index (χ1v) is 4.67. The Morgan fingerprint density at radius 1 is 1.47 bits per heavy atom. The molecule has 2 heterocycles. The van der Waals surface area contributed by atoms with E-state index in [4.69, 9.17) is 4.42 Å². The Hall–Kier alpha value is -1.84. The van der Waals surface area contributed by atoms with Crippen LogP contribution in [-0.2, 0) is 7.05 Å². The molecule has 0 aliphatic heterocycles. The lowest BCUT2D eigenvalue weighted by atomic mass is 10.1. The van der Waals surface area contributed by atoms with Gasteiger partial charge in [0.15, 0.2) is 0 Å². The molecule has 0 unspecified atom stereocenters. The van der Waals surface area contributed by atoms with Crippen LogP contribution in [0.2, 0.25) is 0 Å². The third-order valence-electron chi connectivity index (χ3n) is 2.32. The molecule has 2 aromatic rings. The minimum absolute atomic E-state index is 0.0839. The number of imidazole rings is 1. The van der Waals surface area contributed by atoms with Crippen LogP contribution < -0.4 is 0 Å². The number of aryl methyl sites for hydroxylation is 3. The predicted molar refractivity (Wildman–Crippen MR) is 54.8 cm³/mol. The summed E-state index contributed by atoms with van der Waals surface area (Å²) in [7, 11) is 1.83. The molecule has 0 saturated carbocycles. The van der Waals surface area contributed by atoms with Crippen molar-refractivity contribution >= 4 is 5.78 Å². The molecule has 15 heavy (non-hydrogen) atoms. The number of carbonyl (C=O) groups excluding carboxylic acids is 1. The van der Waals surface area contributed by atoms with Gasteiger partial charge in [-0.15, -0.1) is 0 Å². The summed E-state index contributed by atoms with van der Waals surface area (Å²) in [5, 5.41) is 0. The van der Waals surface area contributed by atoms with Gasteiger partial charge in [-0.2, -0.15) is 0 Å². The van der Waals surface area contributed by atoms with E-state index in [1.807, 2.05) is 14.0 Å². The van der Waals surface area contributed by atoms with Crippen LogP contribution in [0.4, 0.5) is 0 Å². The van der Waals surface area contributed by atoms with Crippen LogP contribution in [0.15, 0.2) is 23.2 Å². The number of ketones is 1. The van der Waals surface area contributed by atoms with Crippen molar-refractivity contribution in [3.63, 3.8) is 0 Å². The van der Waals surface area contributed by atoms with Crippen LogP contribution in [0.5, 0.6) is 0 Å². The minimum atomic E-state index is -0.0839. The van der Waals surface area contributed by atoms with E-state index in [9.17, 15) is 4.79 Å². The van der Waals surface area contributed by atoms with Gasteiger partial charge in [0, 0.05) is 13.2 Å².